The normalized spacial score (nSPS) is 18.0. The predicted molar refractivity (Wildman–Crippen MR) is 117 cm³/mol. The average molecular weight is 487 g/mol. The number of rotatable bonds is 6. The highest BCUT2D eigenvalue weighted by Crippen LogP contribution is 2.50. The van der Waals surface area contributed by atoms with Crippen LogP contribution < -0.4 is 4.90 Å². The zero-order valence-corrected chi connectivity index (χ0v) is 19.0. The van der Waals surface area contributed by atoms with Gasteiger partial charge in [-0.1, -0.05) is 24.6 Å². The minimum absolute atomic E-state index is 0.0444. The van der Waals surface area contributed by atoms with Crippen LogP contribution >= 0.6 is 11.6 Å². The smallest absolute Gasteiger partial charge is 0.422 e. The number of ether oxygens (including phenoxy) is 1. The summed E-state index contributed by atoms with van der Waals surface area (Å²) in [5.41, 5.74) is -3.58. The van der Waals surface area contributed by atoms with E-state index in [9.17, 15) is 28.2 Å². The van der Waals surface area contributed by atoms with Crippen LogP contribution in [0.15, 0.2) is 36.5 Å². The molecule has 2 N–H and O–H groups in total. The first-order valence-electron chi connectivity index (χ1n) is 10.6. The molecule has 1 aliphatic rings. The molecule has 10 heteroatoms. The van der Waals surface area contributed by atoms with E-state index in [0.29, 0.717) is 32.5 Å². The molecule has 1 aromatic heterocycles. The monoisotopic (exact) mass is 486 g/mol. The van der Waals surface area contributed by atoms with Gasteiger partial charge in [-0.05, 0) is 55.2 Å². The number of anilines is 1. The topological polar surface area (TPSA) is 82.9 Å². The van der Waals surface area contributed by atoms with Gasteiger partial charge in [-0.15, -0.1) is 0 Å². The number of piperidine rings is 1. The van der Waals surface area contributed by atoms with Crippen LogP contribution in [0.1, 0.15) is 43.7 Å². The van der Waals surface area contributed by atoms with E-state index in [2.05, 4.69) is 4.98 Å². The number of carbonyl (C=O) groups excluding carboxylic acids is 1. The summed E-state index contributed by atoms with van der Waals surface area (Å²) in [6.45, 7) is 4.10. The summed E-state index contributed by atoms with van der Waals surface area (Å²) in [6, 6.07) is 5.98. The highest BCUT2D eigenvalue weighted by atomic mass is 35.5. The molecule has 1 aromatic carbocycles. The van der Waals surface area contributed by atoms with Gasteiger partial charge in [0.2, 0.25) is 0 Å². The van der Waals surface area contributed by atoms with Crippen molar-refractivity contribution < 1.29 is 32.9 Å². The summed E-state index contributed by atoms with van der Waals surface area (Å²) in [4.78, 5) is 17.9. The lowest BCUT2D eigenvalue weighted by molar-refractivity contribution is -0.274. The van der Waals surface area contributed by atoms with E-state index < -0.39 is 17.7 Å². The highest BCUT2D eigenvalue weighted by Gasteiger charge is 2.59. The molecule has 0 spiro atoms. The van der Waals surface area contributed by atoms with Gasteiger partial charge in [0, 0.05) is 30.2 Å². The molecule has 3 rings (SSSR count). The van der Waals surface area contributed by atoms with E-state index in [1.807, 2.05) is 0 Å². The van der Waals surface area contributed by atoms with Crippen LogP contribution in [0.4, 0.5) is 19.0 Å². The Labute approximate surface area is 195 Å². The number of phenols is 1. The van der Waals surface area contributed by atoms with Crippen LogP contribution in [0.3, 0.4) is 0 Å². The number of aliphatic hydroxyl groups is 1. The SMILES string of the molecule is CCOC(=O)C1CCN(c2cc(C(O)(C(C)c3ccc(O)cc3Cl)C(F)(F)F)ccn2)CC1. The Morgan fingerprint density at radius 3 is 2.52 bits per heavy atom. The second-order valence-corrected chi connectivity index (χ2v) is 8.51. The molecular weight excluding hydrogens is 461 g/mol. The van der Waals surface area contributed by atoms with Crippen molar-refractivity contribution in [3.8, 4) is 5.75 Å². The van der Waals surface area contributed by atoms with E-state index in [4.69, 9.17) is 16.3 Å². The van der Waals surface area contributed by atoms with Crippen molar-refractivity contribution in [2.45, 2.75) is 44.4 Å². The Kier molecular flexibility index (Phi) is 7.43. The second kappa shape index (κ2) is 9.77. The maximum atomic E-state index is 14.3. The maximum Gasteiger partial charge on any atom is 0.422 e. The van der Waals surface area contributed by atoms with Gasteiger partial charge in [0.25, 0.3) is 0 Å². The van der Waals surface area contributed by atoms with Gasteiger partial charge < -0.3 is 19.8 Å². The number of carbonyl (C=O) groups is 1. The zero-order chi connectivity index (χ0) is 24.4. The summed E-state index contributed by atoms with van der Waals surface area (Å²) in [6.07, 6.45) is -2.81. The minimum atomic E-state index is -5.02. The third-order valence-electron chi connectivity index (χ3n) is 6.13. The summed E-state index contributed by atoms with van der Waals surface area (Å²) < 4.78 is 47.9. The van der Waals surface area contributed by atoms with Crippen LogP contribution in [0.5, 0.6) is 5.75 Å². The van der Waals surface area contributed by atoms with E-state index >= 15 is 0 Å². The van der Waals surface area contributed by atoms with Crippen molar-refractivity contribution >= 4 is 23.4 Å². The molecule has 0 aliphatic carbocycles. The van der Waals surface area contributed by atoms with Crippen molar-refractivity contribution in [3.63, 3.8) is 0 Å². The van der Waals surface area contributed by atoms with Crippen LogP contribution in [-0.4, -0.2) is 47.0 Å². The van der Waals surface area contributed by atoms with Crippen LogP contribution in [-0.2, 0) is 15.1 Å². The minimum Gasteiger partial charge on any atom is -0.508 e. The summed E-state index contributed by atoms with van der Waals surface area (Å²) >= 11 is 6.09. The molecular formula is C23H26ClF3N2O4. The molecule has 0 amide bonds. The number of pyridine rings is 1. The molecule has 1 aliphatic heterocycles. The van der Waals surface area contributed by atoms with Crippen molar-refractivity contribution in [2.24, 2.45) is 5.92 Å². The number of aromatic hydroxyl groups is 1. The Morgan fingerprint density at radius 1 is 1.27 bits per heavy atom. The average Bonchev–Trinajstić information content (AvgIpc) is 2.77. The predicted octanol–water partition coefficient (Wildman–Crippen LogP) is 4.77. The quantitative estimate of drug-likeness (QED) is 0.572. The number of esters is 1. The first kappa shape index (κ1) is 25.1. The summed E-state index contributed by atoms with van der Waals surface area (Å²) in [5, 5.41) is 20.5. The number of aromatic nitrogens is 1. The molecule has 2 unspecified atom stereocenters. The van der Waals surface area contributed by atoms with Gasteiger partial charge in [-0.3, -0.25) is 4.79 Å². The van der Waals surface area contributed by atoms with E-state index in [0.717, 1.165) is 12.1 Å². The van der Waals surface area contributed by atoms with Crippen LogP contribution in [0.2, 0.25) is 5.02 Å². The van der Waals surface area contributed by atoms with Crippen LogP contribution in [0, 0.1) is 5.92 Å². The lowest BCUT2D eigenvalue weighted by atomic mass is 9.78. The van der Waals surface area contributed by atoms with Crippen molar-refractivity contribution in [1.29, 1.82) is 0 Å². The number of benzene rings is 1. The first-order valence-corrected chi connectivity index (χ1v) is 11.0. The number of hydrogen-bond acceptors (Lipinski definition) is 6. The lowest BCUT2D eigenvalue weighted by Crippen LogP contribution is -2.47. The van der Waals surface area contributed by atoms with Crippen molar-refractivity contribution in [2.75, 3.05) is 24.6 Å². The van der Waals surface area contributed by atoms with Crippen LogP contribution in [0.25, 0.3) is 0 Å². The third kappa shape index (κ3) is 5.04. The van der Waals surface area contributed by atoms with Gasteiger partial charge in [-0.2, -0.15) is 13.2 Å². The van der Waals surface area contributed by atoms with Gasteiger partial charge in [-0.25, -0.2) is 4.98 Å². The molecule has 0 bridgehead atoms. The third-order valence-corrected chi connectivity index (χ3v) is 6.46. The lowest BCUT2D eigenvalue weighted by Gasteiger charge is -2.38. The largest absolute Gasteiger partial charge is 0.508 e. The number of phenolic OH excluding ortho intramolecular Hbond substituents is 1. The standard InChI is InChI=1S/C23H26ClF3N2O4/c1-3-33-21(31)15-7-10-29(11-8-15)20-12-16(6-9-28-20)22(32,23(25,26)27)14(2)18-5-4-17(30)13-19(18)24/h4-6,9,12-15,30,32H,3,7-8,10-11H2,1-2H3. The fourth-order valence-corrected chi connectivity index (χ4v) is 4.52. The van der Waals surface area contributed by atoms with Gasteiger partial charge in [0.1, 0.15) is 11.6 Å². The molecule has 33 heavy (non-hydrogen) atoms. The van der Waals surface area contributed by atoms with Crippen molar-refractivity contribution in [1.82, 2.24) is 4.98 Å². The fourth-order valence-electron chi connectivity index (χ4n) is 4.18. The Bertz CT molecular complexity index is 996. The summed E-state index contributed by atoms with van der Waals surface area (Å²) in [7, 11) is 0. The van der Waals surface area contributed by atoms with Gasteiger partial charge in [0.05, 0.1) is 12.5 Å². The first-order chi connectivity index (χ1) is 15.5. The molecule has 2 aromatic rings. The molecule has 6 nitrogen and oxygen atoms in total. The molecule has 1 saturated heterocycles. The number of nitrogens with zero attached hydrogens (tertiary/aromatic N) is 2. The number of halogens is 4. The molecule has 2 atom stereocenters. The second-order valence-electron chi connectivity index (χ2n) is 8.11. The Morgan fingerprint density at radius 2 is 1.94 bits per heavy atom. The number of hydrogen-bond donors (Lipinski definition) is 2. The summed E-state index contributed by atoms with van der Waals surface area (Å²) in [5.74, 6) is -1.92. The van der Waals surface area contributed by atoms with E-state index in [1.54, 1.807) is 11.8 Å². The molecule has 2 heterocycles. The maximum absolute atomic E-state index is 14.3. The number of alkyl halides is 3. The van der Waals surface area contributed by atoms with Crippen molar-refractivity contribution in [3.05, 3.63) is 52.7 Å². The van der Waals surface area contributed by atoms with E-state index in [-0.39, 0.29) is 39.6 Å². The zero-order valence-electron chi connectivity index (χ0n) is 18.3. The van der Waals surface area contributed by atoms with Gasteiger partial charge >= 0.3 is 12.1 Å². The fraction of sp³-hybridized carbons (Fsp3) is 0.478. The molecule has 180 valence electrons. The molecule has 0 saturated carbocycles. The molecule has 1 fully saturated rings. The Hall–Kier alpha value is -2.52. The highest BCUT2D eigenvalue weighted by molar-refractivity contribution is 6.31. The Balaban J connectivity index is 1.91. The molecule has 0 radical (unpaired) electrons. The van der Waals surface area contributed by atoms with E-state index in [1.165, 1.54) is 31.3 Å². The van der Waals surface area contributed by atoms with Gasteiger partial charge in [0.15, 0.2) is 5.60 Å².